The van der Waals surface area contributed by atoms with Crippen LogP contribution in [0.1, 0.15) is 19.3 Å². The van der Waals surface area contributed by atoms with E-state index in [9.17, 15) is 4.39 Å². The van der Waals surface area contributed by atoms with Crippen molar-refractivity contribution in [1.82, 2.24) is 4.90 Å². The van der Waals surface area contributed by atoms with Crippen molar-refractivity contribution in [2.75, 3.05) is 26.2 Å². The fourth-order valence-electron chi connectivity index (χ4n) is 1.47. The SMILES string of the molecule is NCCCCN1CC[C@H](F)C1. The van der Waals surface area contributed by atoms with Gasteiger partial charge in [-0.1, -0.05) is 0 Å². The van der Waals surface area contributed by atoms with Crippen molar-refractivity contribution in [1.29, 1.82) is 0 Å². The van der Waals surface area contributed by atoms with E-state index >= 15 is 0 Å². The number of hydrogen-bond acceptors (Lipinski definition) is 2. The molecule has 1 rings (SSSR count). The maximum Gasteiger partial charge on any atom is 0.114 e. The molecule has 2 nitrogen and oxygen atoms in total. The smallest absolute Gasteiger partial charge is 0.114 e. The van der Waals surface area contributed by atoms with Gasteiger partial charge in [0.2, 0.25) is 0 Å². The number of likely N-dealkylation sites (tertiary alicyclic amines) is 1. The Hall–Kier alpha value is -0.150. The fourth-order valence-corrected chi connectivity index (χ4v) is 1.47. The molecular formula is C8H17FN2. The first-order valence-electron chi connectivity index (χ1n) is 4.39. The van der Waals surface area contributed by atoms with Crippen LogP contribution in [0.4, 0.5) is 4.39 Å². The van der Waals surface area contributed by atoms with Crippen molar-refractivity contribution in [2.24, 2.45) is 5.73 Å². The van der Waals surface area contributed by atoms with Crippen LogP contribution in [0, 0.1) is 0 Å². The monoisotopic (exact) mass is 160 g/mol. The summed E-state index contributed by atoms with van der Waals surface area (Å²) in [4.78, 5) is 2.18. The predicted molar refractivity (Wildman–Crippen MR) is 44.2 cm³/mol. The Morgan fingerprint density at radius 3 is 2.82 bits per heavy atom. The molecule has 0 amide bonds. The van der Waals surface area contributed by atoms with Crippen molar-refractivity contribution >= 4 is 0 Å². The summed E-state index contributed by atoms with van der Waals surface area (Å²) in [6, 6.07) is 0. The van der Waals surface area contributed by atoms with Crippen LogP contribution in [-0.2, 0) is 0 Å². The quantitative estimate of drug-likeness (QED) is 0.615. The molecule has 0 unspecified atom stereocenters. The van der Waals surface area contributed by atoms with Crippen LogP contribution >= 0.6 is 0 Å². The molecule has 11 heavy (non-hydrogen) atoms. The van der Waals surface area contributed by atoms with Gasteiger partial charge in [0.05, 0.1) is 0 Å². The summed E-state index contributed by atoms with van der Waals surface area (Å²) in [5.74, 6) is 0. The second-order valence-corrected chi connectivity index (χ2v) is 3.18. The van der Waals surface area contributed by atoms with Crippen molar-refractivity contribution in [3.05, 3.63) is 0 Å². The highest BCUT2D eigenvalue weighted by Gasteiger charge is 2.20. The van der Waals surface area contributed by atoms with Crippen LogP contribution in [0.3, 0.4) is 0 Å². The molecule has 0 bridgehead atoms. The molecule has 0 spiro atoms. The molecule has 0 aromatic rings. The van der Waals surface area contributed by atoms with Crippen LogP contribution < -0.4 is 5.73 Å². The summed E-state index contributed by atoms with van der Waals surface area (Å²) in [6.45, 7) is 3.36. The molecule has 0 aliphatic carbocycles. The minimum Gasteiger partial charge on any atom is -0.330 e. The molecule has 0 aromatic heterocycles. The zero-order valence-electron chi connectivity index (χ0n) is 6.93. The number of hydrogen-bond donors (Lipinski definition) is 1. The average Bonchev–Trinajstić information content (AvgIpc) is 2.37. The Balaban J connectivity index is 1.99. The van der Waals surface area contributed by atoms with Gasteiger partial charge < -0.3 is 10.6 Å². The molecule has 1 saturated heterocycles. The first kappa shape index (κ1) is 8.94. The van der Waals surface area contributed by atoms with Gasteiger partial charge in [0.25, 0.3) is 0 Å². The Kier molecular flexibility index (Phi) is 3.80. The van der Waals surface area contributed by atoms with Crippen LogP contribution in [-0.4, -0.2) is 37.3 Å². The molecule has 66 valence electrons. The Morgan fingerprint density at radius 1 is 1.45 bits per heavy atom. The Morgan fingerprint density at radius 2 is 2.27 bits per heavy atom. The van der Waals surface area contributed by atoms with Gasteiger partial charge in [-0.3, -0.25) is 0 Å². The van der Waals surface area contributed by atoms with Gasteiger partial charge in [-0.25, -0.2) is 4.39 Å². The molecule has 1 atom stereocenters. The van der Waals surface area contributed by atoms with Crippen molar-refractivity contribution < 1.29 is 4.39 Å². The van der Waals surface area contributed by atoms with Gasteiger partial charge >= 0.3 is 0 Å². The van der Waals surface area contributed by atoms with Gasteiger partial charge in [-0.2, -0.15) is 0 Å². The average molecular weight is 160 g/mol. The predicted octanol–water partition coefficient (Wildman–Crippen LogP) is 0.769. The van der Waals surface area contributed by atoms with E-state index in [0.717, 1.165) is 38.9 Å². The van der Waals surface area contributed by atoms with Gasteiger partial charge in [-0.05, 0) is 32.4 Å². The number of alkyl halides is 1. The van der Waals surface area contributed by atoms with Crippen LogP contribution in [0.25, 0.3) is 0 Å². The molecule has 1 heterocycles. The second-order valence-electron chi connectivity index (χ2n) is 3.18. The number of nitrogens with zero attached hydrogens (tertiary/aromatic N) is 1. The van der Waals surface area contributed by atoms with Gasteiger partial charge in [-0.15, -0.1) is 0 Å². The maximum absolute atomic E-state index is 12.6. The molecule has 1 fully saturated rings. The zero-order chi connectivity index (χ0) is 8.10. The van der Waals surface area contributed by atoms with E-state index in [1.165, 1.54) is 0 Å². The number of halogens is 1. The lowest BCUT2D eigenvalue weighted by molar-refractivity contribution is 0.284. The second kappa shape index (κ2) is 4.67. The third-order valence-electron chi connectivity index (χ3n) is 2.14. The summed E-state index contributed by atoms with van der Waals surface area (Å²) in [5, 5.41) is 0. The molecule has 0 saturated carbocycles. The lowest BCUT2D eigenvalue weighted by Gasteiger charge is -2.13. The van der Waals surface area contributed by atoms with Gasteiger partial charge in [0.15, 0.2) is 0 Å². The minimum atomic E-state index is -0.576. The molecule has 0 aromatic carbocycles. The third kappa shape index (κ3) is 3.16. The molecule has 3 heteroatoms. The van der Waals surface area contributed by atoms with Gasteiger partial charge in [0, 0.05) is 13.1 Å². The Labute approximate surface area is 67.6 Å². The van der Waals surface area contributed by atoms with Crippen LogP contribution in [0.5, 0.6) is 0 Å². The Bertz CT molecular complexity index is 108. The van der Waals surface area contributed by atoms with Crippen molar-refractivity contribution in [3.63, 3.8) is 0 Å². The summed E-state index contributed by atoms with van der Waals surface area (Å²) < 4.78 is 12.6. The molecule has 0 radical (unpaired) electrons. The first-order chi connectivity index (χ1) is 5.33. The summed E-state index contributed by atoms with van der Waals surface area (Å²) >= 11 is 0. The number of unbranched alkanes of at least 4 members (excludes halogenated alkanes) is 1. The normalized spacial score (nSPS) is 26.2. The largest absolute Gasteiger partial charge is 0.330 e. The lowest BCUT2D eigenvalue weighted by Crippen LogP contribution is -2.22. The van der Waals surface area contributed by atoms with Crippen molar-refractivity contribution in [3.8, 4) is 0 Å². The number of nitrogens with two attached hydrogens (primary N) is 1. The van der Waals surface area contributed by atoms with Crippen LogP contribution in [0.2, 0.25) is 0 Å². The van der Waals surface area contributed by atoms with E-state index in [-0.39, 0.29) is 0 Å². The molecule has 1 aliphatic rings. The molecule has 2 N–H and O–H groups in total. The van der Waals surface area contributed by atoms with E-state index in [1.807, 2.05) is 0 Å². The molecular weight excluding hydrogens is 143 g/mol. The van der Waals surface area contributed by atoms with E-state index in [1.54, 1.807) is 0 Å². The zero-order valence-corrected chi connectivity index (χ0v) is 6.93. The van der Waals surface area contributed by atoms with E-state index < -0.39 is 6.17 Å². The standard InChI is InChI=1S/C8H17FN2/c9-8-3-6-11(7-8)5-2-1-4-10/h8H,1-7,10H2/t8-/m0/s1. The van der Waals surface area contributed by atoms with E-state index in [2.05, 4.69) is 4.90 Å². The summed E-state index contributed by atoms with van der Waals surface area (Å²) in [7, 11) is 0. The lowest BCUT2D eigenvalue weighted by atomic mass is 10.3. The topological polar surface area (TPSA) is 29.3 Å². The highest BCUT2D eigenvalue weighted by atomic mass is 19.1. The fraction of sp³-hybridized carbons (Fsp3) is 1.00. The molecule has 1 aliphatic heterocycles. The van der Waals surface area contributed by atoms with Crippen LogP contribution in [0.15, 0.2) is 0 Å². The summed E-state index contributed by atoms with van der Waals surface area (Å²) in [5.41, 5.74) is 5.35. The highest BCUT2D eigenvalue weighted by Crippen LogP contribution is 2.12. The maximum atomic E-state index is 12.6. The van der Waals surface area contributed by atoms with Crippen molar-refractivity contribution in [2.45, 2.75) is 25.4 Å². The highest BCUT2D eigenvalue weighted by molar-refractivity contribution is 4.74. The summed E-state index contributed by atoms with van der Waals surface area (Å²) in [6.07, 6.45) is 2.33. The third-order valence-corrected chi connectivity index (χ3v) is 2.14. The van der Waals surface area contributed by atoms with Gasteiger partial charge in [0.1, 0.15) is 6.17 Å². The first-order valence-corrected chi connectivity index (χ1v) is 4.39. The number of rotatable bonds is 4. The minimum absolute atomic E-state index is 0.576. The van der Waals surface area contributed by atoms with E-state index in [0.29, 0.717) is 6.54 Å². The van der Waals surface area contributed by atoms with E-state index in [4.69, 9.17) is 5.73 Å².